The number of anilines is 1. The van der Waals surface area contributed by atoms with Gasteiger partial charge in [0, 0.05) is 36.6 Å². The predicted molar refractivity (Wildman–Crippen MR) is 88.1 cm³/mol. The van der Waals surface area contributed by atoms with Crippen molar-refractivity contribution < 1.29 is 9.59 Å². The number of amides is 2. The van der Waals surface area contributed by atoms with Gasteiger partial charge in [-0.25, -0.2) is 0 Å². The molecule has 2 amide bonds. The zero-order valence-corrected chi connectivity index (χ0v) is 13.2. The Hall–Kier alpha value is -2.30. The summed E-state index contributed by atoms with van der Waals surface area (Å²) in [7, 11) is 0. The van der Waals surface area contributed by atoms with Gasteiger partial charge in [-0.1, -0.05) is 12.6 Å². The number of allylic oxidation sites excluding steroid dienone is 1. The van der Waals surface area contributed by atoms with Crippen molar-refractivity contribution in [3.8, 4) is 0 Å². The van der Waals surface area contributed by atoms with Gasteiger partial charge in [0.2, 0.25) is 5.91 Å². The van der Waals surface area contributed by atoms with Gasteiger partial charge in [0.25, 0.3) is 5.91 Å². The normalized spacial score (nSPS) is 26.2. The minimum atomic E-state index is -0.424. The van der Waals surface area contributed by atoms with Crippen LogP contribution >= 0.6 is 0 Å². The number of benzene rings is 1. The Bertz CT molecular complexity index is 712. The number of hydrogen-bond acceptors (Lipinski definition) is 3. The third-order valence-corrected chi connectivity index (χ3v) is 5.42. The molecule has 3 aliphatic heterocycles. The van der Waals surface area contributed by atoms with Crippen LogP contribution in [0.1, 0.15) is 35.2 Å². The molecule has 3 heterocycles. The van der Waals surface area contributed by atoms with Crippen molar-refractivity contribution in [3.05, 3.63) is 41.6 Å². The standard InChI is InChI=1S/C18H21N3O2/c1-12-5-7-18(17(23)20-12)8-10-21(11-18)16(22)14-3-2-4-15-13(14)6-9-19-15/h2-4,19H,1,5-11H2,(H,20,23). The van der Waals surface area contributed by atoms with Gasteiger partial charge < -0.3 is 15.5 Å². The van der Waals surface area contributed by atoms with Crippen LogP contribution in [0.5, 0.6) is 0 Å². The number of fused-ring (bicyclic) bond motifs is 1. The fraction of sp³-hybridized carbons (Fsp3) is 0.444. The molecule has 1 unspecified atom stereocenters. The van der Waals surface area contributed by atoms with Crippen molar-refractivity contribution in [1.82, 2.24) is 10.2 Å². The highest BCUT2D eigenvalue weighted by Crippen LogP contribution is 2.40. The molecule has 120 valence electrons. The zero-order chi connectivity index (χ0) is 16.0. The lowest BCUT2D eigenvalue weighted by atomic mass is 9.78. The molecule has 0 bridgehead atoms. The molecule has 0 radical (unpaired) electrons. The van der Waals surface area contributed by atoms with Crippen molar-refractivity contribution in [1.29, 1.82) is 0 Å². The molecule has 0 aromatic heterocycles. The zero-order valence-electron chi connectivity index (χ0n) is 13.2. The first-order valence-electron chi connectivity index (χ1n) is 8.23. The van der Waals surface area contributed by atoms with Crippen LogP contribution in [0.4, 0.5) is 5.69 Å². The van der Waals surface area contributed by atoms with Crippen LogP contribution in [0, 0.1) is 5.41 Å². The van der Waals surface area contributed by atoms with E-state index in [0.29, 0.717) is 13.1 Å². The van der Waals surface area contributed by atoms with E-state index in [1.165, 1.54) is 0 Å². The van der Waals surface area contributed by atoms with Crippen molar-refractivity contribution in [2.75, 3.05) is 25.0 Å². The molecule has 4 rings (SSSR count). The molecule has 2 saturated heterocycles. The molecule has 5 heteroatoms. The Kier molecular flexibility index (Phi) is 3.18. The van der Waals surface area contributed by atoms with Crippen LogP contribution < -0.4 is 10.6 Å². The Balaban J connectivity index is 1.56. The number of likely N-dealkylation sites (tertiary alicyclic amines) is 1. The lowest BCUT2D eigenvalue weighted by molar-refractivity contribution is -0.131. The fourth-order valence-electron chi connectivity index (χ4n) is 4.01. The lowest BCUT2D eigenvalue weighted by Crippen LogP contribution is -2.46. The van der Waals surface area contributed by atoms with Gasteiger partial charge in [-0.2, -0.15) is 0 Å². The van der Waals surface area contributed by atoms with E-state index in [4.69, 9.17) is 0 Å². The second-order valence-electron chi connectivity index (χ2n) is 6.82. The van der Waals surface area contributed by atoms with E-state index >= 15 is 0 Å². The molecule has 1 spiro atoms. The maximum atomic E-state index is 13.0. The maximum Gasteiger partial charge on any atom is 0.254 e. The van der Waals surface area contributed by atoms with Crippen LogP contribution in [-0.4, -0.2) is 36.3 Å². The van der Waals surface area contributed by atoms with E-state index < -0.39 is 5.41 Å². The Morgan fingerprint density at radius 3 is 2.96 bits per heavy atom. The summed E-state index contributed by atoms with van der Waals surface area (Å²) in [6.45, 7) is 5.89. The smallest absolute Gasteiger partial charge is 0.254 e. The van der Waals surface area contributed by atoms with E-state index in [9.17, 15) is 9.59 Å². The largest absolute Gasteiger partial charge is 0.384 e. The molecule has 1 atom stereocenters. The van der Waals surface area contributed by atoms with Crippen LogP contribution in [0.15, 0.2) is 30.5 Å². The minimum Gasteiger partial charge on any atom is -0.384 e. The summed E-state index contributed by atoms with van der Waals surface area (Å²) < 4.78 is 0. The first kappa shape index (κ1) is 14.3. The van der Waals surface area contributed by atoms with E-state index in [2.05, 4.69) is 17.2 Å². The van der Waals surface area contributed by atoms with Gasteiger partial charge in [0.1, 0.15) is 0 Å². The lowest BCUT2D eigenvalue weighted by Gasteiger charge is -2.33. The minimum absolute atomic E-state index is 0.0315. The summed E-state index contributed by atoms with van der Waals surface area (Å²) in [6.07, 6.45) is 3.22. The van der Waals surface area contributed by atoms with E-state index in [-0.39, 0.29) is 11.8 Å². The monoisotopic (exact) mass is 311 g/mol. The van der Waals surface area contributed by atoms with E-state index in [1.807, 2.05) is 23.1 Å². The summed E-state index contributed by atoms with van der Waals surface area (Å²) in [6, 6.07) is 5.85. The van der Waals surface area contributed by atoms with Gasteiger partial charge in [-0.05, 0) is 43.4 Å². The first-order valence-corrected chi connectivity index (χ1v) is 8.23. The first-order chi connectivity index (χ1) is 11.1. The molecular weight excluding hydrogens is 290 g/mol. The van der Waals surface area contributed by atoms with Crippen molar-refractivity contribution >= 4 is 17.5 Å². The predicted octanol–water partition coefficient (Wildman–Crippen LogP) is 1.91. The number of rotatable bonds is 1. The van der Waals surface area contributed by atoms with Crippen molar-refractivity contribution in [2.45, 2.75) is 25.7 Å². The molecule has 23 heavy (non-hydrogen) atoms. The van der Waals surface area contributed by atoms with Crippen LogP contribution in [-0.2, 0) is 11.2 Å². The fourth-order valence-corrected chi connectivity index (χ4v) is 4.01. The third kappa shape index (κ3) is 2.22. The maximum absolute atomic E-state index is 13.0. The average molecular weight is 311 g/mol. The molecule has 2 fully saturated rings. The van der Waals surface area contributed by atoms with Crippen molar-refractivity contribution in [2.24, 2.45) is 5.41 Å². The molecule has 3 aliphatic rings. The van der Waals surface area contributed by atoms with Crippen LogP contribution in [0.3, 0.4) is 0 Å². The summed E-state index contributed by atoms with van der Waals surface area (Å²) in [5.41, 5.74) is 3.33. The Labute approximate surface area is 135 Å². The van der Waals surface area contributed by atoms with Gasteiger partial charge in [-0.15, -0.1) is 0 Å². The topological polar surface area (TPSA) is 61.4 Å². The number of nitrogens with one attached hydrogen (secondary N) is 2. The van der Waals surface area contributed by atoms with Crippen molar-refractivity contribution in [3.63, 3.8) is 0 Å². The summed E-state index contributed by atoms with van der Waals surface area (Å²) >= 11 is 0. The highest BCUT2D eigenvalue weighted by atomic mass is 16.2. The summed E-state index contributed by atoms with van der Waals surface area (Å²) in [4.78, 5) is 27.2. The SMILES string of the molecule is C=C1CCC2(CCN(C(=O)c3cccc4c3CCN4)C2)C(=O)N1. The average Bonchev–Trinajstić information content (AvgIpc) is 3.18. The molecule has 2 N–H and O–H groups in total. The van der Waals surface area contributed by atoms with Gasteiger partial charge in [0.05, 0.1) is 5.41 Å². The number of carbonyl (C=O) groups is 2. The van der Waals surface area contributed by atoms with Gasteiger partial charge in [0.15, 0.2) is 0 Å². The quantitative estimate of drug-likeness (QED) is 0.833. The third-order valence-electron chi connectivity index (χ3n) is 5.42. The number of nitrogens with zero attached hydrogens (tertiary/aromatic N) is 1. The second-order valence-corrected chi connectivity index (χ2v) is 6.82. The molecule has 1 aromatic rings. The van der Waals surface area contributed by atoms with E-state index in [0.717, 1.165) is 54.7 Å². The Morgan fingerprint density at radius 1 is 1.26 bits per heavy atom. The van der Waals surface area contributed by atoms with E-state index in [1.54, 1.807) is 0 Å². The molecule has 0 saturated carbocycles. The van der Waals surface area contributed by atoms with Crippen LogP contribution in [0.25, 0.3) is 0 Å². The highest BCUT2D eigenvalue weighted by molar-refractivity contribution is 5.98. The summed E-state index contributed by atoms with van der Waals surface area (Å²) in [5.74, 6) is 0.0867. The van der Waals surface area contributed by atoms with Crippen LogP contribution in [0.2, 0.25) is 0 Å². The number of carbonyl (C=O) groups excluding carboxylic acids is 2. The Morgan fingerprint density at radius 2 is 2.13 bits per heavy atom. The second kappa shape index (κ2) is 5.11. The molecular formula is C18H21N3O2. The number of hydrogen-bond donors (Lipinski definition) is 2. The number of piperidine rings is 1. The van der Waals surface area contributed by atoms with Gasteiger partial charge in [-0.3, -0.25) is 9.59 Å². The highest BCUT2D eigenvalue weighted by Gasteiger charge is 2.47. The van der Waals surface area contributed by atoms with Gasteiger partial charge >= 0.3 is 0 Å². The molecule has 1 aromatic carbocycles. The molecule has 0 aliphatic carbocycles. The molecule has 5 nitrogen and oxygen atoms in total. The summed E-state index contributed by atoms with van der Waals surface area (Å²) in [5, 5.41) is 6.18.